The number of hydrogen-bond acceptors (Lipinski definition) is 1. The Morgan fingerprint density at radius 2 is 1.82 bits per heavy atom. The normalized spacial score (nSPS) is 13.7. The fourth-order valence-electron chi connectivity index (χ4n) is 1.37. The monoisotopic (exact) mass is 309 g/mol. The van der Waals surface area contributed by atoms with E-state index >= 15 is 0 Å². The zero-order valence-electron chi connectivity index (χ0n) is 9.52. The number of benzene rings is 1. The minimum atomic E-state index is -4.25. The van der Waals surface area contributed by atoms with E-state index in [9.17, 15) is 13.2 Å². The topological polar surface area (TPSA) is 12.0 Å². The van der Waals surface area contributed by atoms with E-state index in [1.807, 2.05) is 6.92 Å². The molecule has 0 heterocycles. The number of nitrogens with one attached hydrogen (secondary N) is 1. The van der Waals surface area contributed by atoms with Gasteiger partial charge in [-0.25, -0.2) is 0 Å². The maximum Gasteiger partial charge on any atom is 0.416 e. The summed E-state index contributed by atoms with van der Waals surface area (Å²) in [6.07, 6.45) is -3.27. The Morgan fingerprint density at radius 3 is 2.29 bits per heavy atom. The SMILES string of the molecule is CC(CCBr)NCc1ccc(C(F)(F)F)cc1. The highest BCUT2D eigenvalue weighted by Gasteiger charge is 2.29. The van der Waals surface area contributed by atoms with Gasteiger partial charge < -0.3 is 5.32 Å². The van der Waals surface area contributed by atoms with Crippen LogP contribution in [0.3, 0.4) is 0 Å². The third-order valence-corrected chi connectivity index (χ3v) is 2.94. The summed E-state index contributed by atoms with van der Waals surface area (Å²) in [6, 6.07) is 5.60. The van der Waals surface area contributed by atoms with Crippen molar-refractivity contribution < 1.29 is 13.2 Å². The van der Waals surface area contributed by atoms with Gasteiger partial charge in [0.1, 0.15) is 0 Å². The van der Waals surface area contributed by atoms with E-state index in [0.29, 0.717) is 12.6 Å². The molecule has 0 aromatic heterocycles. The van der Waals surface area contributed by atoms with Crippen LogP contribution in [0.25, 0.3) is 0 Å². The van der Waals surface area contributed by atoms with Crippen LogP contribution in [0.2, 0.25) is 0 Å². The molecule has 0 bridgehead atoms. The van der Waals surface area contributed by atoms with E-state index in [2.05, 4.69) is 21.2 Å². The Morgan fingerprint density at radius 1 is 1.24 bits per heavy atom. The van der Waals surface area contributed by atoms with Crippen molar-refractivity contribution >= 4 is 15.9 Å². The van der Waals surface area contributed by atoms with Crippen LogP contribution < -0.4 is 5.32 Å². The zero-order chi connectivity index (χ0) is 12.9. The lowest BCUT2D eigenvalue weighted by molar-refractivity contribution is -0.137. The first kappa shape index (κ1) is 14.5. The lowest BCUT2D eigenvalue weighted by Crippen LogP contribution is -2.25. The second-order valence-electron chi connectivity index (χ2n) is 3.95. The highest BCUT2D eigenvalue weighted by molar-refractivity contribution is 9.09. The predicted molar refractivity (Wildman–Crippen MR) is 66.2 cm³/mol. The molecular formula is C12H15BrF3N. The fraction of sp³-hybridized carbons (Fsp3) is 0.500. The second kappa shape index (κ2) is 6.40. The van der Waals surface area contributed by atoms with Crippen LogP contribution in [0, 0.1) is 0 Å². The summed E-state index contributed by atoms with van der Waals surface area (Å²) >= 11 is 3.34. The molecule has 0 aliphatic heterocycles. The highest BCUT2D eigenvalue weighted by atomic mass is 79.9. The maximum atomic E-state index is 12.3. The van der Waals surface area contributed by atoms with Gasteiger partial charge in [-0.3, -0.25) is 0 Å². The Bertz CT molecular complexity index is 335. The van der Waals surface area contributed by atoms with Crippen molar-refractivity contribution in [3.05, 3.63) is 35.4 Å². The molecule has 1 atom stereocenters. The second-order valence-corrected chi connectivity index (χ2v) is 4.75. The van der Waals surface area contributed by atoms with Crippen LogP contribution in [0.15, 0.2) is 24.3 Å². The largest absolute Gasteiger partial charge is 0.416 e. The summed E-state index contributed by atoms with van der Waals surface area (Å²) in [5.74, 6) is 0. The molecule has 0 saturated heterocycles. The smallest absolute Gasteiger partial charge is 0.310 e. The van der Waals surface area contributed by atoms with Crippen molar-refractivity contribution in [2.75, 3.05) is 5.33 Å². The molecule has 0 aliphatic carbocycles. The summed E-state index contributed by atoms with van der Waals surface area (Å²) in [4.78, 5) is 0. The summed E-state index contributed by atoms with van der Waals surface area (Å²) < 4.78 is 36.9. The van der Waals surface area contributed by atoms with Gasteiger partial charge in [-0.05, 0) is 31.0 Å². The van der Waals surface area contributed by atoms with Gasteiger partial charge in [-0.15, -0.1) is 0 Å². The predicted octanol–water partition coefficient (Wildman–Crippen LogP) is 3.97. The molecule has 17 heavy (non-hydrogen) atoms. The Kier molecular flexibility index (Phi) is 5.46. The van der Waals surface area contributed by atoms with Crippen LogP contribution in [0.5, 0.6) is 0 Å². The van der Waals surface area contributed by atoms with E-state index < -0.39 is 11.7 Å². The standard InChI is InChI=1S/C12H15BrF3N/c1-9(6-7-13)17-8-10-2-4-11(5-3-10)12(14,15)16/h2-5,9,17H,6-8H2,1H3. The van der Waals surface area contributed by atoms with Gasteiger partial charge in [-0.1, -0.05) is 28.1 Å². The first-order valence-electron chi connectivity index (χ1n) is 5.39. The molecule has 0 aliphatic rings. The number of hydrogen-bond donors (Lipinski definition) is 1. The summed E-state index contributed by atoms with van der Waals surface area (Å²) in [5, 5.41) is 4.16. The summed E-state index contributed by atoms with van der Waals surface area (Å²) in [7, 11) is 0. The van der Waals surface area contributed by atoms with E-state index in [4.69, 9.17) is 0 Å². The maximum absolute atomic E-state index is 12.3. The van der Waals surface area contributed by atoms with Gasteiger partial charge in [0.05, 0.1) is 5.56 Å². The molecule has 96 valence electrons. The number of halogens is 4. The van der Waals surface area contributed by atoms with Gasteiger partial charge in [0.2, 0.25) is 0 Å². The van der Waals surface area contributed by atoms with E-state index in [0.717, 1.165) is 29.4 Å². The summed E-state index contributed by atoms with van der Waals surface area (Å²) in [5.41, 5.74) is 0.258. The van der Waals surface area contributed by atoms with Crippen LogP contribution in [0.1, 0.15) is 24.5 Å². The Labute approximate surface area is 108 Å². The molecule has 1 unspecified atom stereocenters. The zero-order valence-corrected chi connectivity index (χ0v) is 11.1. The quantitative estimate of drug-likeness (QED) is 0.812. The molecule has 0 spiro atoms. The molecule has 1 aromatic carbocycles. The van der Waals surface area contributed by atoms with Gasteiger partial charge >= 0.3 is 6.18 Å². The van der Waals surface area contributed by atoms with Gasteiger partial charge in [-0.2, -0.15) is 13.2 Å². The lowest BCUT2D eigenvalue weighted by Gasteiger charge is -2.13. The average molecular weight is 310 g/mol. The molecule has 1 N–H and O–H groups in total. The number of alkyl halides is 4. The van der Waals surface area contributed by atoms with Crippen molar-refractivity contribution in [1.82, 2.24) is 5.32 Å². The third-order valence-electron chi connectivity index (χ3n) is 2.48. The van der Waals surface area contributed by atoms with E-state index in [-0.39, 0.29) is 0 Å². The lowest BCUT2D eigenvalue weighted by atomic mass is 10.1. The number of rotatable bonds is 5. The molecule has 1 nitrogen and oxygen atoms in total. The van der Waals surface area contributed by atoms with E-state index in [1.54, 1.807) is 0 Å². The Balaban J connectivity index is 2.51. The third kappa shape index (κ3) is 5.08. The minimum Gasteiger partial charge on any atom is -0.310 e. The van der Waals surface area contributed by atoms with Crippen molar-refractivity contribution in [2.24, 2.45) is 0 Å². The highest BCUT2D eigenvalue weighted by Crippen LogP contribution is 2.29. The molecule has 0 amide bonds. The fourth-order valence-corrected chi connectivity index (χ4v) is 2.06. The first-order valence-corrected chi connectivity index (χ1v) is 6.51. The van der Waals surface area contributed by atoms with Crippen LogP contribution in [-0.4, -0.2) is 11.4 Å². The van der Waals surface area contributed by atoms with Crippen molar-refractivity contribution in [1.29, 1.82) is 0 Å². The van der Waals surface area contributed by atoms with Crippen molar-refractivity contribution in [3.8, 4) is 0 Å². The molecule has 0 saturated carbocycles. The van der Waals surface area contributed by atoms with Gasteiger partial charge in [0.25, 0.3) is 0 Å². The first-order chi connectivity index (χ1) is 7.93. The van der Waals surface area contributed by atoms with Crippen LogP contribution in [0.4, 0.5) is 13.2 Å². The molecule has 1 aromatic rings. The van der Waals surface area contributed by atoms with Crippen molar-refractivity contribution in [2.45, 2.75) is 32.1 Å². The average Bonchev–Trinajstić information content (AvgIpc) is 2.26. The Hall–Kier alpha value is -0.550. The molecular weight excluding hydrogens is 295 g/mol. The minimum absolute atomic E-state index is 0.344. The molecule has 0 fully saturated rings. The van der Waals surface area contributed by atoms with Crippen molar-refractivity contribution in [3.63, 3.8) is 0 Å². The van der Waals surface area contributed by atoms with Crippen LogP contribution in [-0.2, 0) is 12.7 Å². The van der Waals surface area contributed by atoms with Crippen LogP contribution >= 0.6 is 15.9 Å². The summed E-state index contributed by atoms with van der Waals surface area (Å²) in [6.45, 7) is 2.64. The molecule has 1 rings (SSSR count). The van der Waals surface area contributed by atoms with Gasteiger partial charge in [0.15, 0.2) is 0 Å². The molecule has 0 radical (unpaired) electrons. The molecule has 5 heteroatoms. The van der Waals surface area contributed by atoms with E-state index in [1.165, 1.54) is 12.1 Å². The van der Waals surface area contributed by atoms with Gasteiger partial charge in [0, 0.05) is 17.9 Å².